The maximum atomic E-state index is 10.6. The zero-order chi connectivity index (χ0) is 21.7. The number of thioether (sulfide) groups is 1. The first kappa shape index (κ1) is 24.0. The van der Waals surface area contributed by atoms with Crippen molar-refractivity contribution in [1.82, 2.24) is 0 Å². The van der Waals surface area contributed by atoms with Crippen LogP contribution in [0.15, 0.2) is 42.5 Å². The fourth-order valence-electron chi connectivity index (χ4n) is 4.81. The Balaban J connectivity index is 1.27. The fourth-order valence-corrected chi connectivity index (χ4v) is 5.70. The highest BCUT2D eigenvalue weighted by Crippen LogP contribution is 2.47. The van der Waals surface area contributed by atoms with Gasteiger partial charge in [0.15, 0.2) is 0 Å². The number of fused-ring (bicyclic) bond motifs is 2. The Morgan fingerprint density at radius 1 is 1.06 bits per heavy atom. The van der Waals surface area contributed by atoms with Crippen LogP contribution in [-0.2, 0) is 16.0 Å². The number of carbonyl (C=O) groups is 1. The standard InChI is InChI=1S/C27H36O3S/c28-27(29)16-10-2-1-9-15-23-24(26-18-17-25(23)30-26)19-21-31-20-11-4-3-6-12-22-13-7-5-8-14-22/h1,5,7-9,13-14,23-26H,2,6,10-12,15-21H2,(H,28,29)/t23-,24+,25-,26+/m1/s1. The number of aryl methyl sites for hydroxylation is 1. The van der Waals surface area contributed by atoms with Crippen LogP contribution < -0.4 is 0 Å². The Bertz CT molecular complexity index is 749. The molecule has 168 valence electrons. The lowest BCUT2D eigenvalue weighted by Crippen LogP contribution is -2.27. The normalized spacial score (nSPS) is 24.4. The van der Waals surface area contributed by atoms with Gasteiger partial charge in [-0.15, -0.1) is 11.8 Å². The summed E-state index contributed by atoms with van der Waals surface area (Å²) in [5, 5.41) is 8.72. The van der Waals surface area contributed by atoms with Crippen LogP contribution in [0, 0.1) is 23.7 Å². The van der Waals surface area contributed by atoms with Gasteiger partial charge in [-0.1, -0.05) is 42.5 Å². The van der Waals surface area contributed by atoms with Gasteiger partial charge in [0.25, 0.3) is 0 Å². The lowest BCUT2D eigenvalue weighted by Gasteiger charge is -2.27. The number of hydrogen-bond acceptors (Lipinski definition) is 3. The Morgan fingerprint density at radius 2 is 1.84 bits per heavy atom. The van der Waals surface area contributed by atoms with Crippen molar-refractivity contribution in [3.05, 3.63) is 48.0 Å². The molecule has 2 aliphatic rings. The topological polar surface area (TPSA) is 46.5 Å². The van der Waals surface area contributed by atoms with Crippen molar-refractivity contribution < 1.29 is 14.6 Å². The molecule has 0 spiro atoms. The molecule has 31 heavy (non-hydrogen) atoms. The second kappa shape index (κ2) is 13.7. The van der Waals surface area contributed by atoms with Gasteiger partial charge >= 0.3 is 5.97 Å². The number of aliphatic carboxylic acids is 1. The van der Waals surface area contributed by atoms with Gasteiger partial charge in [-0.3, -0.25) is 4.79 Å². The molecule has 0 radical (unpaired) electrons. The van der Waals surface area contributed by atoms with Crippen LogP contribution in [-0.4, -0.2) is 34.8 Å². The summed E-state index contributed by atoms with van der Waals surface area (Å²) in [5.41, 5.74) is 1.36. The highest BCUT2D eigenvalue weighted by atomic mass is 32.2. The number of ether oxygens (including phenoxy) is 1. The van der Waals surface area contributed by atoms with Crippen molar-refractivity contribution in [2.45, 2.75) is 76.4 Å². The van der Waals surface area contributed by atoms with Gasteiger partial charge in [0, 0.05) is 25.0 Å². The molecule has 0 aliphatic carbocycles. The molecule has 1 N–H and O–H groups in total. The first-order valence-electron chi connectivity index (χ1n) is 11.8. The number of hydrogen-bond donors (Lipinski definition) is 1. The molecule has 4 atom stereocenters. The first-order chi connectivity index (χ1) is 15.2. The Labute approximate surface area is 192 Å². The highest BCUT2D eigenvalue weighted by molar-refractivity contribution is 7.99. The summed E-state index contributed by atoms with van der Waals surface area (Å²) in [4.78, 5) is 10.6. The van der Waals surface area contributed by atoms with E-state index in [1.165, 1.54) is 30.6 Å². The highest BCUT2D eigenvalue weighted by Gasteiger charge is 2.47. The molecular formula is C27H36O3S. The van der Waals surface area contributed by atoms with E-state index in [9.17, 15) is 4.79 Å². The molecule has 3 nitrogen and oxygen atoms in total. The second-order valence-electron chi connectivity index (χ2n) is 8.60. The van der Waals surface area contributed by atoms with Gasteiger partial charge in [0.2, 0.25) is 0 Å². The lowest BCUT2D eigenvalue weighted by molar-refractivity contribution is -0.137. The number of rotatable bonds is 13. The summed E-state index contributed by atoms with van der Waals surface area (Å²) in [5.74, 6) is 9.59. The van der Waals surface area contributed by atoms with E-state index in [1.807, 2.05) is 11.8 Å². The maximum Gasteiger partial charge on any atom is 0.303 e. The van der Waals surface area contributed by atoms with Crippen LogP contribution in [0.4, 0.5) is 0 Å². The molecule has 0 unspecified atom stereocenters. The van der Waals surface area contributed by atoms with Crippen LogP contribution in [0.3, 0.4) is 0 Å². The van der Waals surface area contributed by atoms with Gasteiger partial charge in [0.1, 0.15) is 0 Å². The van der Waals surface area contributed by atoms with Crippen molar-refractivity contribution in [3.8, 4) is 11.8 Å². The van der Waals surface area contributed by atoms with E-state index in [1.54, 1.807) is 0 Å². The van der Waals surface area contributed by atoms with Gasteiger partial charge in [-0.25, -0.2) is 0 Å². The largest absolute Gasteiger partial charge is 0.481 e. The Morgan fingerprint density at radius 3 is 2.65 bits per heavy atom. The minimum absolute atomic E-state index is 0.263. The van der Waals surface area contributed by atoms with Gasteiger partial charge < -0.3 is 9.84 Å². The summed E-state index contributed by atoms with van der Waals surface area (Å²) in [6.07, 6.45) is 14.9. The quantitative estimate of drug-likeness (QED) is 0.228. The van der Waals surface area contributed by atoms with Crippen molar-refractivity contribution in [3.63, 3.8) is 0 Å². The van der Waals surface area contributed by atoms with Gasteiger partial charge in [0.05, 0.1) is 12.2 Å². The summed E-state index contributed by atoms with van der Waals surface area (Å²) in [6, 6.07) is 10.6. The molecule has 2 aliphatic heterocycles. The number of allylic oxidation sites excluding steroid dienone is 2. The second-order valence-corrected chi connectivity index (χ2v) is 9.83. The van der Waals surface area contributed by atoms with Crippen LogP contribution in [0.2, 0.25) is 0 Å². The molecule has 3 rings (SSSR count). The van der Waals surface area contributed by atoms with Crippen molar-refractivity contribution >= 4 is 17.7 Å². The number of benzene rings is 1. The van der Waals surface area contributed by atoms with Crippen molar-refractivity contribution in [2.24, 2.45) is 11.8 Å². The maximum absolute atomic E-state index is 10.6. The van der Waals surface area contributed by atoms with Crippen LogP contribution in [0.5, 0.6) is 0 Å². The molecule has 1 aromatic carbocycles. The fraction of sp³-hybridized carbons (Fsp3) is 0.593. The van der Waals surface area contributed by atoms with Crippen LogP contribution in [0.25, 0.3) is 0 Å². The van der Waals surface area contributed by atoms with Gasteiger partial charge in [-0.05, 0) is 68.1 Å². The van der Waals surface area contributed by atoms with E-state index in [0.717, 1.165) is 44.3 Å². The Kier molecular flexibility index (Phi) is 10.6. The molecule has 4 heteroatoms. The third-order valence-electron chi connectivity index (χ3n) is 6.40. The van der Waals surface area contributed by atoms with E-state index in [-0.39, 0.29) is 6.42 Å². The lowest BCUT2D eigenvalue weighted by atomic mass is 9.76. The van der Waals surface area contributed by atoms with Gasteiger partial charge in [-0.2, -0.15) is 11.8 Å². The predicted octanol–water partition coefficient (Wildman–Crippen LogP) is 6.13. The van der Waals surface area contributed by atoms with Crippen LogP contribution >= 0.6 is 11.8 Å². The minimum Gasteiger partial charge on any atom is -0.481 e. The molecule has 2 fully saturated rings. The third kappa shape index (κ3) is 8.39. The van der Waals surface area contributed by atoms with Crippen molar-refractivity contribution in [1.29, 1.82) is 0 Å². The minimum atomic E-state index is -0.703. The van der Waals surface area contributed by atoms with E-state index < -0.39 is 5.97 Å². The summed E-state index contributed by atoms with van der Waals surface area (Å²) >= 11 is 2.03. The molecule has 2 saturated heterocycles. The van der Waals surface area contributed by atoms with Crippen LogP contribution in [0.1, 0.15) is 63.4 Å². The molecule has 2 bridgehead atoms. The smallest absolute Gasteiger partial charge is 0.303 e. The van der Waals surface area contributed by atoms with E-state index in [4.69, 9.17) is 9.84 Å². The molecule has 1 aromatic rings. The average molecular weight is 441 g/mol. The zero-order valence-corrected chi connectivity index (χ0v) is 19.3. The summed E-state index contributed by atoms with van der Waals surface area (Å²) in [7, 11) is 0. The third-order valence-corrected chi connectivity index (χ3v) is 7.42. The monoisotopic (exact) mass is 440 g/mol. The molecule has 0 amide bonds. The SMILES string of the molecule is O=C(O)CCCC=CC[C@@H]1[C@H](CCSCCC#CCCc2ccccc2)[C@@H]2CC[C@H]1O2. The van der Waals surface area contributed by atoms with E-state index >= 15 is 0 Å². The molecule has 0 aromatic heterocycles. The average Bonchev–Trinajstić information content (AvgIpc) is 3.37. The molecule has 0 saturated carbocycles. The number of carboxylic acids is 1. The Hall–Kier alpha value is -1.70. The van der Waals surface area contributed by atoms with Crippen molar-refractivity contribution in [2.75, 3.05) is 11.5 Å². The number of carboxylic acid groups (broad SMARTS) is 1. The molecular weight excluding hydrogens is 404 g/mol. The van der Waals surface area contributed by atoms with E-state index in [2.05, 4.69) is 54.3 Å². The first-order valence-corrected chi connectivity index (χ1v) is 13.0. The van der Waals surface area contributed by atoms with E-state index in [0.29, 0.717) is 24.0 Å². The number of unbranched alkanes of at least 4 members (excludes halogenated alkanes) is 1. The summed E-state index contributed by atoms with van der Waals surface area (Å²) in [6.45, 7) is 0. The predicted molar refractivity (Wildman–Crippen MR) is 129 cm³/mol. The molecule has 2 heterocycles. The summed E-state index contributed by atoms with van der Waals surface area (Å²) < 4.78 is 6.22. The zero-order valence-electron chi connectivity index (χ0n) is 18.5.